The summed E-state index contributed by atoms with van der Waals surface area (Å²) in [5.41, 5.74) is 7.10. The summed E-state index contributed by atoms with van der Waals surface area (Å²) in [6.07, 6.45) is 10.3. The summed E-state index contributed by atoms with van der Waals surface area (Å²) in [5, 5.41) is 3.27. The highest BCUT2D eigenvalue weighted by Crippen LogP contribution is 2.43. The third kappa shape index (κ3) is 7.96. The van der Waals surface area contributed by atoms with Gasteiger partial charge in [-0.1, -0.05) is 69.4 Å². The number of rotatable bonds is 12. The van der Waals surface area contributed by atoms with Crippen LogP contribution in [0.25, 0.3) is 0 Å². The Hall–Kier alpha value is -1.63. The Labute approximate surface area is 206 Å². The molecular weight excluding hydrogens is 426 g/mol. The minimum absolute atomic E-state index is 0.0281. The number of nitrogens with one attached hydrogen (secondary N) is 1. The fourth-order valence-corrected chi connectivity index (χ4v) is 5.79. The predicted molar refractivity (Wildman–Crippen MR) is 138 cm³/mol. The monoisotopic (exact) mass is 473 g/mol. The van der Waals surface area contributed by atoms with Crippen molar-refractivity contribution in [2.75, 3.05) is 39.5 Å². The van der Waals surface area contributed by atoms with Gasteiger partial charge in [0.05, 0.1) is 6.10 Å². The van der Waals surface area contributed by atoms with Crippen LogP contribution in [0.3, 0.4) is 0 Å². The molecule has 3 atom stereocenters. The molecule has 6 nitrogen and oxygen atoms in total. The summed E-state index contributed by atoms with van der Waals surface area (Å²) in [6.45, 7) is 8.36. The molecule has 0 radical (unpaired) electrons. The Morgan fingerprint density at radius 2 is 1.94 bits per heavy atom. The molecule has 192 valence electrons. The summed E-state index contributed by atoms with van der Waals surface area (Å²) in [5.74, 6) is 0.696. The number of carbonyl (C=O) groups is 1. The number of hydrogen-bond acceptors (Lipinski definition) is 4. The second-order valence-electron chi connectivity index (χ2n) is 10.5. The molecule has 1 aromatic carbocycles. The average Bonchev–Trinajstić information content (AvgIpc) is 2.86. The Bertz CT molecular complexity index is 710. The zero-order chi connectivity index (χ0) is 24.2. The molecule has 34 heavy (non-hydrogen) atoms. The molecule has 1 aromatic rings. The van der Waals surface area contributed by atoms with Gasteiger partial charge in [0.1, 0.15) is 0 Å². The van der Waals surface area contributed by atoms with E-state index in [0.717, 1.165) is 38.8 Å². The van der Waals surface area contributed by atoms with E-state index >= 15 is 0 Å². The largest absolute Gasteiger partial charge is 0.382 e. The topological polar surface area (TPSA) is 76.8 Å². The molecule has 0 aromatic heterocycles. The van der Waals surface area contributed by atoms with Gasteiger partial charge in [-0.3, -0.25) is 0 Å². The van der Waals surface area contributed by atoms with Gasteiger partial charge in [0.15, 0.2) is 0 Å². The van der Waals surface area contributed by atoms with Gasteiger partial charge in [-0.2, -0.15) is 0 Å². The van der Waals surface area contributed by atoms with E-state index in [-0.39, 0.29) is 23.6 Å². The van der Waals surface area contributed by atoms with Gasteiger partial charge in [-0.15, -0.1) is 0 Å². The lowest BCUT2D eigenvalue weighted by Gasteiger charge is -2.45. The molecule has 2 amide bonds. The van der Waals surface area contributed by atoms with E-state index in [0.29, 0.717) is 32.2 Å². The third-order valence-electron chi connectivity index (χ3n) is 7.63. The molecular formula is C28H47N3O3. The minimum Gasteiger partial charge on any atom is -0.382 e. The van der Waals surface area contributed by atoms with Gasteiger partial charge in [0.2, 0.25) is 0 Å². The number of amides is 2. The number of benzene rings is 1. The maximum atomic E-state index is 13.3. The summed E-state index contributed by atoms with van der Waals surface area (Å²) in [6, 6.07) is 10.6. The van der Waals surface area contributed by atoms with Gasteiger partial charge >= 0.3 is 6.03 Å². The Balaban J connectivity index is 1.62. The third-order valence-corrected chi connectivity index (χ3v) is 7.63. The fraction of sp³-hybridized carbons (Fsp3) is 0.750. The van der Waals surface area contributed by atoms with E-state index in [9.17, 15) is 4.79 Å². The van der Waals surface area contributed by atoms with Crippen LogP contribution in [0.2, 0.25) is 0 Å². The number of carbonyl (C=O) groups excluding carboxylic acids is 1. The van der Waals surface area contributed by atoms with Crippen molar-refractivity contribution in [1.29, 1.82) is 0 Å². The molecule has 1 saturated carbocycles. The highest BCUT2D eigenvalue weighted by molar-refractivity contribution is 5.74. The van der Waals surface area contributed by atoms with Gasteiger partial charge in [0.25, 0.3) is 0 Å². The highest BCUT2D eigenvalue weighted by atomic mass is 16.5. The molecule has 2 fully saturated rings. The van der Waals surface area contributed by atoms with Crippen LogP contribution >= 0.6 is 0 Å². The average molecular weight is 474 g/mol. The van der Waals surface area contributed by atoms with Crippen LogP contribution in [-0.4, -0.2) is 56.4 Å². The Kier molecular flexibility index (Phi) is 11.1. The number of piperidine rings is 1. The van der Waals surface area contributed by atoms with Gasteiger partial charge in [0, 0.05) is 50.9 Å². The first-order valence-electron chi connectivity index (χ1n) is 13.6. The highest BCUT2D eigenvalue weighted by Gasteiger charge is 2.41. The van der Waals surface area contributed by atoms with Crippen LogP contribution in [0, 0.1) is 11.3 Å². The van der Waals surface area contributed by atoms with Crippen LogP contribution < -0.4 is 11.1 Å². The van der Waals surface area contributed by atoms with E-state index in [1.807, 2.05) is 17.9 Å². The molecule has 1 unspecified atom stereocenters. The molecule has 3 rings (SSSR count). The van der Waals surface area contributed by atoms with E-state index in [4.69, 9.17) is 15.2 Å². The standard InChI is InChI=1S/C28H47N3O3/c1-3-33-18-11-19-34-26(24-14-8-5-9-15-24)28(2)16-10-17-31(22-28)27(32)30-25(21-29)20-23-12-6-4-7-13-23/h5,8-9,14-15,23,25-26H,3-4,6-7,10-13,16-22,29H2,1-2H3,(H,30,32)/t25-,26?,28+/m0/s1. The van der Waals surface area contributed by atoms with Crippen molar-refractivity contribution in [3.63, 3.8) is 0 Å². The molecule has 1 heterocycles. The first-order valence-corrected chi connectivity index (χ1v) is 13.6. The van der Waals surface area contributed by atoms with Crippen molar-refractivity contribution in [3.8, 4) is 0 Å². The van der Waals surface area contributed by atoms with E-state index in [1.54, 1.807) is 0 Å². The second-order valence-corrected chi connectivity index (χ2v) is 10.5. The lowest BCUT2D eigenvalue weighted by Crippen LogP contribution is -2.54. The maximum Gasteiger partial charge on any atom is 0.317 e. The van der Waals surface area contributed by atoms with E-state index in [1.165, 1.54) is 37.7 Å². The molecule has 0 bridgehead atoms. The van der Waals surface area contributed by atoms with Crippen molar-refractivity contribution in [2.45, 2.75) is 83.8 Å². The van der Waals surface area contributed by atoms with Crippen molar-refractivity contribution >= 4 is 6.03 Å². The smallest absolute Gasteiger partial charge is 0.317 e. The number of likely N-dealkylation sites (tertiary alicyclic amines) is 1. The van der Waals surface area contributed by atoms with Crippen LogP contribution in [0.5, 0.6) is 0 Å². The Morgan fingerprint density at radius 1 is 1.18 bits per heavy atom. The normalized spacial score (nSPS) is 23.4. The lowest BCUT2D eigenvalue weighted by atomic mass is 9.74. The molecule has 1 saturated heterocycles. The summed E-state index contributed by atoms with van der Waals surface area (Å²) in [4.78, 5) is 15.3. The molecule has 0 spiro atoms. The van der Waals surface area contributed by atoms with Crippen LogP contribution in [0.4, 0.5) is 4.79 Å². The number of hydrogen-bond donors (Lipinski definition) is 2. The maximum absolute atomic E-state index is 13.3. The summed E-state index contributed by atoms with van der Waals surface area (Å²) >= 11 is 0. The molecule has 6 heteroatoms. The Morgan fingerprint density at radius 3 is 2.65 bits per heavy atom. The predicted octanol–water partition coefficient (Wildman–Crippen LogP) is 5.28. The van der Waals surface area contributed by atoms with Gasteiger partial charge in [-0.25, -0.2) is 4.79 Å². The van der Waals surface area contributed by atoms with E-state index < -0.39 is 0 Å². The first kappa shape index (κ1) is 27.0. The van der Waals surface area contributed by atoms with E-state index in [2.05, 4.69) is 36.5 Å². The molecule has 3 N–H and O–H groups in total. The van der Waals surface area contributed by atoms with Crippen molar-refractivity contribution < 1.29 is 14.3 Å². The fourth-order valence-electron chi connectivity index (χ4n) is 5.79. The summed E-state index contributed by atoms with van der Waals surface area (Å²) in [7, 11) is 0. The number of ether oxygens (including phenoxy) is 2. The van der Waals surface area contributed by atoms with Crippen LogP contribution in [0.1, 0.15) is 83.3 Å². The number of urea groups is 1. The lowest BCUT2D eigenvalue weighted by molar-refractivity contribution is -0.0671. The van der Waals surface area contributed by atoms with Crippen molar-refractivity contribution in [2.24, 2.45) is 17.1 Å². The van der Waals surface area contributed by atoms with Crippen LogP contribution in [-0.2, 0) is 9.47 Å². The first-order chi connectivity index (χ1) is 16.6. The summed E-state index contributed by atoms with van der Waals surface area (Å²) < 4.78 is 12.0. The molecule has 2 aliphatic rings. The molecule has 1 aliphatic carbocycles. The van der Waals surface area contributed by atoms with Crippen molar-refractivity contribution in [1.82, 2.24) is 10.2 Å². The van der Waals surface area contributed by atoms with Crippen molar-refractivity contribution in [3.05, 3.63) is 35.9 Å². The quantitative estimate of drug-likeness (QED) is 0.405. The number of nitrogens with zero attached hydrogens (tertiary/aromatic N) is 1. The van der Waals surface area contributed by atoms with Gasteiger partial charge in [-0.05, 0) is 44.1 Å². The van der Waals surface area contributed by atoms with Crippen LogP contribution in [0.15, 0.2) is 30.3 Å². The second kappa shape index (κ2) is 14.1. The SMILES string of the molecule is CCOCCCOC(c1ccccc1)[C@]1(C)CCCN(C(=O)N[C@H](CN)CC2CCCCC2)C1. The minimum atomic E-state index is -0.149. The zero-order valence-corrected chi connectivity index (χ0v) is 21.5. The molecule has 1 aliphatic heterocycles. The van der Waals surface area contributed by atoms with Gasteiger partial charge < -0.3 is 25.4 Å². The zero-order valence-electron chi connectivity index (χ0n) is 21.5. The number of nitrogens with two attached hydrogens (primary N) is 1.